The highest BCUT2D eigenvalue weighted by atomic mass is 16.4. The molecule has 0 spiro atoms. The molecule has 4 heteroatoms. The molecule has 0 rings (SSSR count). The quantitative estimate of drug-likeness (QED) is 0.230. The van der Waals surface area contributed by atoms with Crippen LogP contribution in [0.3, 0.4) is 0 Å². The SMILES string of the molecule is CCCCCCCC(C(C)CC)(C(C)CC)C(CCCCC(C)C(=O)O)C(=O)O. The number of hydrogen-bond acceptors (Lipinski definition) is 2. The Morgan fingerprint density at radius 3 is 1.69 bits per heavy atom. The minimum atomic E-state index is -0.763. The van der Waals surface area contributed by atoms with Gasteiger partial charge >= 0.3 is 11.9 Å². The second-order valence-corrected chi connectivity index (χ2v) is 9.31. The van der Waals surface area contributed by atoms with Gasteiger partial charge in [-0.15, -0.1) is 0 Å². The first-order valence-electron chi connectivity index (χ1n) is 12.1. The average molecular weight is 413 g/mol. The fourth-order valence-electron chi connectivity index (χ4n) is 5.18. The molecule has 0 aromatic heterocycles. The monoisotopic (exact) mass is 412 g/mol. The van der Waals surface area contributed by atoms with Crippen LogP contribution in [0.4, 0.5) is 0 Å². The summed E-state index contributed by atoms with van der Waals surface area (Å²) in [5.41, 5.74) is -0.181. The molecule has 0 aliphatic heterocycles. The van der Waals surface area contributed by atoms with Crippen LogP contribution in [0.15, 0.2) is 0 Å². The van der Waals surface area contributed by atoms with Crippen LogP contribution in [0.5, 0.6) is 0 Å². The van der Waals surface area contributed by atoms with Gasteiger partial charge in [-0.05, 0) is 36.5 Å². The largest absolute Gasteiger partial charge is 0.481 e. The summed E-state index contributed by atoms with van der Waals surface area (Å²) in [6, 6.07) is 0. The van der Waals surface area contributed by atoms with Crippen LogP contribution < -0.4 is 0 Å². The molecule has 0 amide bonds. The lowest BCUT2D eigenvalue weighted by atomic mass is 9.55. The zero-order chi connectivity index (χ0) is 22.4. The van der Waals surface area contributed by atoms with E-state index in [0.29, 0.717) is 24.7 Å². The van der Waals surface area contributed by atoms with E-state index in [1.165, 1.54) is 25.7 Å². The lowest BCUT2D eigenvalue weighted by Crippen LogP contribution is -2.46. The summed E-state index contributed by atoms with van der Waals surface area (Å²) < 4.78 is 0. The van der Waals surface area contributed by atoms with E-state index in [1.807, 2.05) is 0 Å². The molecule has 4 atom stereocenters. The summed E-state index contributed by atoms with van der Waals surface area (Å²) in [5.74, 6) is -1.40. The zero-order valence-electron chi connectivity index (χ0n) is 20.0. The molecule has 172 valence electrons. The number of carboxylic acids is 2. The van der Waals surface area contributed by atoms with E-state index >= 15 is 0 Å². The highest BCUT2D eigenvalue weighted by molar-refractivity contribution is 5.71. The smallest absolute Gasteiger partial charge is 0.307 e. The van der Waals surface area contributed by atoms with E-state index in [0.717, 1.165) is 38.5 Å². The molecule has 0 bridgehead atoms. The summed E-state index contributed by atoms with van der Waals surface area (Å²) in [7, 11) is 0. The third kappa shape index (κ3) is 8.68. The maximum atomic E-state index is 12.5. The van der Waals surface area contributed by atoms with Crippen molar-refractivity contribution in [1.29, 1.82) is 0 Å². The molecule has 0 aromatic carbocycles. The first-order chi connectivity index (χ1) is 13.7. The molecular formula is C25H48O4. The van der Waals surface area contributed by atoms with E-state index in [-0.39, 0.29) is 17.3 Å². The van der Waals surface area contributed by atoms with Gasteiger partial charge in [0, 0.05) is 0 Å². The average Bonchev–Trinajstić information content (AvgIpc) is 2.69. The molecule has 0 aromatic rings. The Kier molecular flexibility index (Phi) is 14.3. The van der Waals surface area contributed by atoms with Gasteiger partial charge in [-0.1, -0.05) is 99.3 Å². The van der Waals surface area contributed by atoms with Crippen LogP contribution in [0.1, 0.15) is 119 Å². The first kappa shape index (κ1) is 27.9. The van der Waals surface area contributed by atoms with Gasteiger partial charge < -0.3 is 10.2 Å². The van der Waals surface area contributed by atoms with Gasteiger partial charge in [0.25, 0.3) is 0 Å². The molecule has 2 N–H and O–H groups in total. The predicted octanol–water partition coefficient (Wildman–Crippen LogP) is 7.41. The molecule has 4 nitrogen and oxygen atoms in total. The van der Waals surface area contributed by atoms with Crippen molar-refractivity contribution < 1.29 is 19.8 Å². The highest BCUT2D eigenvalue weighted by Crippen LogP contribution is 2.51. The Labute approximate surface area is 179 Å². The second-order valence-electron chi connectivity index (χ2n) is 9.31. The van der Waals surface area contributed by atoms with E-state index in [4.69, 9.17) is 5.11 Å². The molecule has 0 aliphatic carbocycles. The minimum Gasteiger partial charge on any atom is -0.481 e. The predicted molar refractivity (Wildman–Crippen MR) is 121 cm³/mol. The maximum Gasteiger partial charge on any atom is 0.307 e. The number of hydrogen-bond donors (Lipinski definition) is 2. The molecule has 0 radical (unpaired) electrons. The lowest BCUT2D eigenvalue weighted by molar-refractivity contribution is -0.153. The summed E-state index contributed by atoms with van der Waals surface area (Å²) in [5, 5.41) is 19.3. The highest BCUT2D eigenvalue weighted by Gasteiger charge is 2.48. The lowest BCUT2D eigenvalue weighted by Gasteiger charge is -2.48. The minimum absolute atomic E-state index is 0.181. The molecule has 4 unspecified atom stereocenters. The standard InChI is InChI=1S/C25H48O4/c1-7-10-11-12-15-18-25(20(5)8-2,21(6)9-3)22(24(28)29)17-14-13-16-19(4)23(26)27/h19-22H,7-18H2,1-6H3,(H,26,27)(H,28,29). The van der Waals surface area contributed by atoms with Crippen LogP contribution in [-0.2, 0) is 9.59 Å². The van der Waals surface area contributed by atoms with Gasteiger partial charge in [0.1, 0.15) is 0 Å². The van der Waals surface area contributed by atoms with Crippen LogP contribution in [-0.4, -0.2) is 22.2 Å². The van der Waals surface area contributed by atoms with Crippen molar-refractivity contribution in [3.05, 3.63) is 0 Å². The summed E-state index contributed by atoms with van der Waals surface area (Å²) >= 11 is 0. The van der Waals surface area contributed by atoms with E-state index < -0.39 is 11.9 Å². The van der Waals surface area contributed by atoms with Gasteiger partial charge in [0.2, 0.25) is 0 Å². The molecule has 0 fully saturated rings. The molecule has 0 aliphatic rings. The van der Waals surface area contributed by atoms with Crippen LogP contribution in [0, 0.1) is 29.1 Å². The van der Waals surface area contributed by atoms with E-state index in [2.05, 4.69) is 34.6 Å². The third-order valence-electron chi connectivity index (χ3n) is 7.52. The van der Waals surface area contributed by atoms with Crippen molar-refractivity contribution in [2.45, 2.75) is 119 Å². The van der Waals surface area contributed by atoms with Crippen LogP contribution in [0.25, 0.3) is 0 Å². The van der Waals surface area contributed by atoms with Crippen molar-refractivity contribution in [3.8, 4) is 0 Å². The van der Waals surface area contributed by atoms with Crippen molar-refractivity contribution in [1.82, 2.24) is 0 Å². The number of aliphatic carboxylic acids is 2. The van der Waals surface area contributed by atoms with E-state index in [9.17, 15) is 14.7 Å². The van der Waals surface area contributed by atoms with Crippen LogP contribution in [0.2, 0.25) is 0 Å². The molecule has 0 saturated carbocycles. The Balaban J connectivity index is 5.44. The zero-order valence-corrected chi connectivity index (χ0v) is 20.0. The fourth-order valence-corrected chi connectivity index (χ4v) is 5.18. The van der Waals surface area contributed by atoms with Crippen molar-refractivity contribution >= 4 is 11.9 Å². The van der Waals surface area contributed by atoms with E-state index in [1.54, 1.807) is 6.92 Å². The molecule has 0 saturated heterocycles. The van der Waals surface area contributed by atoms with Gasteiger partial charge in [-0.3, -0.25) is 9.59 Å². The summed E-state index contributed by atoms with van der Waals surface area (Å²) in [4.78, 5) is 23.5. The van der Waals surface area contributed by atoms with Crippen molar-refractivity contribution in [2.75, 3.05) is 0 Å². The Morgan fingerprint density at radius 2 is 1.24 bits per heavy atom. The Bertz CT molecular complexity index is 450. The summed E-state index contributed by atoms with van der Waals surface area (Å²) in [6.45, 7) is 12.8. The number of rotatable bonds is 18. The third-order valence-corrected chi connectivity index (χ3v) is 7.52. The van der Waals surface area contributed by atoms with Crippen molar-refractivity contribution in [3.63, 3.8) is 0 Å². The van der Waals surface area contributed by atoms with Crippen LogP contribution >= 0.6 is 0 Å². The topological polar surface area (TPSA) is 74.6 Å². The molecular weight excluding hydrogens is 364 g/mol. The maximum absolute atomic E-state index is 12.5. The fraction of sp³-hybridized carbons (Fsp3) is 0.920. The number of carboxylic acid groups (broad SMARTS) is 2. The summed E-state index contributed by atoms with van der Waals surface area (Å²) in [6.07, 6.45) is 11.8. The number of unbranched alkanes of at least 4 members (excludes halogenated alkanes) is 5. The number of carbonyl (C=O) groups is 2. The Hall–Kier alpha value is -1.06. The van der Waals surface area contributed by atoms with Gasteiger partial charge in [0.05, 0.1) is 11.8 Å². The van der Waals surface area contributed by atoms with Crippen molar-refractivity contribution in [2.24, 2.45) is 29.1 Å². The molecule has 0 heterocycles. The second kappa shape index (κ2) is 14.8. The Morgan fingerprint density at radius 1 is 0.724 bits per heavy atom. The van der Waals surface area contributed by atoms with Gasteiger partial charge in [-0.25, -0.2) is 0 Å². The molecule has 29 heavy (non-hydrogen) atoms. The van der Waals surface area contributed by atoms with Gasteiger partial charge in [-0.2, -0.15) is 0 Å². The normalized spacial score (nSPS) is 17.9. The van der Waals surface area contributed by atoms with Gasteiger partial charge in [0.15, 0.2) is 0 Å². The first-order valence-corrected chi connectivity index (χ1v) is 12.1.